The Bertz CT molecular complexity index is 537. The van der Waals surface area contributed by atoms with Crippen molar-refractivity contribution in [2.75, 3.05) is 0 Å². The number of aromatic amines is 1. The Kier molecular flexibility index (Phi) is 2.11. The van der Waals surface area contributed by atoms with Crippen LogP contribution in [0.25, 0.3) is 0 Å². The van der Waals surface area contributed by atoms with Crippen molar-refractivity contribution in [1.29, 1.82) is 0 Å². The van der Waals surface area contributed by atoms with Crippen LogP contribution < -0.4 is 5.56 Å². The largest absolute Gasteiger partial charge is 0.318 e. The first-order valence-electron chi connectivity index (χ1n) is 4.66. The van der Waals surface area contributed by atoms with Gasteiger partial charge in [-0.05, 0) is 24.6 Å². The van der Waals surface area contributed by atoms with Crippen molar-refractivity contribution < 1.29 is 9.59 Å². The molecule has 1 aliphatic carbocycles. The lowest BCUT2D eigenvalue weighted by Crippen LogP contribution is -2.22. The number of ketones is 2. The molecule has 4 heteroatoms. The minimum atomic E-state index is -0.329. The Labute approximate surface area is 85.6 Å². The van der Waals surface area contributed by atoms with E-state index < -0.39 is 0 Å². The van der Waals surface area contributed by atoms with Gasteiger partial charge >= 0.3 is 0 Å². The van der Waals surface area contributed by atoms with Gasteiger partial charge in [-0.25, -0.2) is 0 Å². The van der Waals surface area contributed by atoms with Gasteiger partial charge in [-0.2, -0.15) is 0 Å². The average molecular weight is 203 g/mol. The van der Waals surface area contributed by atoms with Crippen LogP contribution >= 0.6 is 0 Å². The second kappa shape index (κ2) is 3.31. The van der Waals surface area contributed by atoms with E-state index in [2.05, 4.69) is 4.98 Å². The lowest BCUT2D eigenvalue weighted by Gasteiger charge is -2.09. The highest BCUT2D eigenvalue weighted by molar-refractivity contribution is 6.21. The molecule has 0 spiro atoms. The van der Waals surface area contributed by atoms with E-state index in [0.29, 0.717) is 17.5 Å². The van der Waals surface area contributed by atoms with E-state index in [1.807, 2.05) is 6.92 Å². The minimum Gasteiger partial charge on any atom is -0.318 e. The van der Waals surface area contributed by atoms with Crippen molar-refractivity contribution in [3.05, 3.63) is 45.4 Å². The van der Waals surface area contributed by atoms with Gasteiger partial charge in [0.15, 0.2) is 5.78 Å². The monoisotopic (exact) mass is 203 g/mol. The Hall–Kier alpha value is -1.97. The summed E-state index contributed by atoms with van der Waals surface area (Å²) >= 11 is 0. The molecule has 4 nitrogen and oxygen atoms in total. The first-order chi connectivity index (χ1) is 7.13. The SMILES string of the molecule is CCc1cc2c([nH]c1=O)C(=O)C=CC2=O. The number of pyridine rings is 1. The molecule has 2 rings (SSSR count). The molecule has 0 radical (unpaired) electrons. The summed E-state index contributed by atoms with van der Waals surface area (Å²) in [6.07, 6.45) is 2.93. The van der Waals surface area contributed by atoms with Gasteiger partial charge in [0.1, 0.15) is 5.69 Å². The first kappa shape index (κ1) is 9.58. The quantitative estimate of drug-likeness (QED) is 0.736. The molecule has 76 valence electrons. The van der Waals surface area contributed by atoms with E-state index in [9.17, 15) is 14.4 Å². The van der Waals surface area contributed by atoms with Crippen LogP contribution in [0.1, 0.15) is 33.3 Å². The van der Waals surface area contributed by atoms with E-state index in [0.717, 1.165) is 0 Å². The molecule has 1 aromatic rings. The Morgan fingerprint density at radius 1 is 1.13 bits per heavy atom. The van der Waals surface area contributed by atoms with Crippen LogP contribution in [0.15, 0.2) is 23.0 Å². The predicted molar refractivity (Wildman–Crippen MR) is 54.2 cm³/mol. The zero-order valence-electron chi connectivity index (χ0n) is 8.16. The molecule has 15 heavy (non-hydrogen) atoms. The molecule has 0 aromatic carbocycles. The van der Waals surface area contributed by atoms with E-state index in [-0.39, 0.29) is 22.8 Å². The van der Waals surface area contributed by atoms with Gasteiger partial charge in [-0.15, -0.1) is 0 Å². The van der Waals surface area contributed by atoms with E-state index in [4.69, 9.17) is 0 Å². The van der Waals surface area contributed by atoms with Gasteiger partial charge in [0.05, 0.1) is 0 Å². The lowest BCUT2D eigenvalue weighted by molar-refractivity contribution is 0.0990. The van der Waals surface area contributed by atoms with Gasteiger partial charge < -0.3 is 4.98 Å². The number of hydrogen-bond acceptors (Lipinski definition) is 3. The van der Waals surface area contributed by atoms with Crippen molar-refractivity contribution in [3.8, 4) is 0 Å². The van der Waals surface area contributed by atoms with Crippen molar-refractivity contribution in [2.45, 2.75) is 13.3 Å². The second-order valence-electron chi connectivity index (χ2n) is 3.33. The van der Waals surface area contributed by atoms with Crippen molar-refractivity contribution in [1.82, 2.24) is 4.98 Å². The molecule has 1 heterocycles. The number of nitrogens with one attached hydrogen (secondary N) is 1. The number of fused-ring (bicyclic) bond motifs is 1. The summed E-state index contributed by atoms with van der Waals surface area (Å²) < 4.78 is 0. The van der Waals surface area contributed by atoms with Crippen LogP contribution in [0.5, 0.6) is 0 Å². The summed E-state index contributed by atoms with van der Waals surface area (Å²) in [6.45, 7) is 1.82. The number of aromatic nitrogens is 1. The molecule has 0 fully saturated rings. The fraction of sp³-hybridized carbons (Fsp3) is 0.182. The molecule has 0 bridgehead atoms. The van der Waals surface area contributed by atoms with Gasteiger partial charge in [0.25, 0.3) is 5.56 Å². The normalized spacial score (nSPS) is 14.2. The van der Waals surface area contributed by atoms with Gasteiger partial charge in [-0.3, -0.25) is 14.4 Å². The maximum atomic E-state index is 11.4. The molecule has 1 aromatic heterocycles. The van der Waals surface area contributed by atoms with E-state index in [1.54, 1.807) is 0 Å². The third kappa shape index (κ3) is 1.44. The average Bonchev–Trinajstić information content (AvgIpc) is 2.23. The maximum Gasteiger partial charge on any atom is 0.251 e. The van der Waals surface area contributed by atoms with Crippen molar-refractivity contribution >= 4 is 11.6 Å². The highest BCUT2D eigenvalue weighted by atomic mass is 16.1. The summed E-state index contributed by atoms with van der Waals surface area (Å²) in [5.74, 6) is -0.570. The molecular formula is C11H9NO3. The van der Waals surface area contributed by atoms with Gasteiger partial charge in [0.2, 0.25) is 5.78 Å². The summed E-state index contributed by atoms with van der Waals surface area (Å²) in [6, 6.07) is 1.50. The van der Waals surface area contributed by atoms with Gasteiger partial charge in [-0.1, -0.05) is 6.92 Å². The standard InChI is InChI=1S/C11H9NO3/c1-2-6-5-7-8(13)3-4-9(14)10(7)12-11(6)15/h3-5H,2H2,1H3,(H,12,15). The number of carbonyl (C=O) groups is 2. The van der Waals surface area contributed by atoms with Crippen LogP contribution in [0.2, 0.25) is 0 Å². The third-order valence-corrected chi connectivity index (χ3v) is 2.40. The highest BCUT2D eigenvalue weighted by Gasteiger charge is 2.20. The molecule has 0 aliphatic heterocycles. The summed E-state index contributed by atoms with van der Waals surface area (Å²) in [5.41, 5.74) is 0.613. The molecule has 0 saturated heterocycles. The number of aryl methyl sites for hydroxylation is 1. The molecule has 1 aliphatic rings. The van der Waals surface area contributed by atoms with Crippen LogP contribution in [-0.4, -0.2) is 16.6 Å². The molecular weight excluding hydrogens is 194 g/mol. The zero-order chi connectivity index (χ0) is 11.0. The smallest absolute Gasteiger partial charge is 0.251 e. The molecule has 0 amide bonds. The Morgan fingerprint density at radius 2 is 1.80 bits per heavy atom. The van der Waals surface area contributed by atoms with Crippen molar-refractivity contribution in [3.63, 3.8) is 0 Å². The van der Waals surface area contributed by atoms with Crippen LogP contribution in [0, 0.1) is 0 Å². The lowest BCUT2D eigenvalue weighted by atomic mass is 9.98. The number of H-pyrrole nitrogens is 1. The second-order valence-corrected chi connectivity index (χ2v) is 3.33. The zero-order valence-corrected chi connectivity index (χ0v) is 8.16. The number of rotatable bonds is 1. The van der Waals surface area contributed by atoms with Crippen LogP contribution in [0.3, 0.4) is 0 Å². The van der Waals surface area contributed by atoms with Crippen LogP contribution in [-0.2, 0) is 6.42 Å². The summed E-state index contributed by atoms with van der Waals surface area (Å²) in [7, 11) is 0. The van der Waals surface area contributed by atoms with Gasteiger partial charge in [0, 0.05) is 11.1 Å². The highest BCUT2D eigenvalue weighted by Crippen LogP contribution is 2.14. The predicted octanol–water partition coefficient (Wildman–Crippen LogP) is 0.873. The minimum absolute atomic E-state index is 0.102. The molecule has 0 atom stereocenters. The van der Waals surface area contributed by atoms with E-state index >= 15 is 0 Å². The first-order valence-corrected chi connectivity index (χ1v) is 4.66. The number of carbonyl (C=O) groups excluding carboxylic acids is 2. The van der Waals surface area contributed by atoms with Crippen molar-refractivity contribution in [2.24, 2.45) is 0 Å². The van der Waals surface area contributed by atoms with E-state index in [1.165, 1.54) is 18.2 Å². The topological polar surface area (TPSA) is 67.0 Å². The fourth-order valence-electron chi connectivity index (χ4n) is 1.55. The fourth-order valence-corrected chi connectivity index (χ4v) is 1.55. The molecule has 1 N–H and O–H groups in total. The number of allylic oxidation sites excluding steroid dienone is 2. The molecule has 0 saturated carbocycles. The third-order valence-electron chi connectivity index (χ3n) is 2.40. The van der Waals surface area contributed by atoms with Crippen LogP contribution in [0.4, 0.5) is 0 Å². The Morgan fingerprint density at radius 3 is 2.47 bits per heavy atom. The number of hydrogen-bond donors (Lipinski definition) is 1. The summed E-state index contributed by atoms with van der Waals surface area (Å²) in [4.78, 5) is 36.7. The maximum absolute atomic E-state index is 11.4. The summed E-state index contributed by atoms with van der Waals surface area (Å²) in [5, 5.41) is 0. The molecule has 0 unspecified atom stereocenters. The Balaban J connectivity index is 2.73.